The van der Waals surface area contributed by atoms with Crippen molar-refractivity contribution in [2.75, 3.05) is 5.32 Å². The molecular weight excluding hydrogens is 408 g/mol. The van der Waals surface area contributed by atoms with Gasteiger partial charge in [-0.15, -0.1) is 0 Å². The largest absolute Gasteiger partial charge is 0.321 e. The molecule has 0 saturated heterocycles. The van der Waals surface area contributed by atoms with E-state index in [2.05, 4.69) is 15.8 Å². The van der Waals surface area contributed by atoms with Crippen LogP contribution in [0.25, 0.3) is 0 Å². The van der Waals surface area contributed by atoms with Crippen LogP contribution in [-0.2, 0) is 0 Å². The Morgan fingerprint density at radius 1 is 0.933 bits per heavy atom. The average Bonchev–Trinajstić information content (AvgIpc) is 2.75. The average molecular weight is 423 g/mol. The van der Waals surface area contributed by atoms with Gasteiger partial charge in [-0.25, -0.2) is 5.43 Å². The van der Waals surface area contributed by atoms with Crippen molar-refractivity contribution in [3.05, 3.63) is 105 Å². The highest BCUT2D eigenvalue weighted by molar-refractivity contribution is 6.30. The summed E-state index contributed by atoms with van der Waals surface area (Å²) in [6.45, 7) is 0. The summed E-state index contributed by atoms with van der Waals surface area (Å²) in [4.78, 5) is 35.1. The number of halogens is 1. The van der Waals surface area contributed by atoms with Gasteiger partial charge in [-0.2, -0.15) is 5.10 Å². The number of para-hydroxylation sites is 1. The Morgan fingerprint density at radius 2 is 1.60 bits per heavy atom. The maximum Gasteiger partial charge on any atom is 0.273 e. The van der Waals surface area contributed by atoms with Crippen molar-refractivity contribution in [1.82, 2.24) is 5.43 Å². The second kappa shape index (κ2) is 9.44. The zero-order valence-electron chi connectivity index (χ0n) is 15.4. The number of anilines is 1. The number of nitro groups is 1. The van der Waals surface area contributed by atoms with Gasteiger partial charge in [-0.05, 0) is 42.0 Å². The minimum Gasteiger partial charge on any atom is -0.321 e. The molecule has 2 N–H and O–H groups in total. The molecule has 150 valence electrons. The van der Waals surface area contributed by atoms with Crippen molar-refractivity contribution in [3.63, 3.8) is 0 Å². The Morgan fingerprint density at radius 3 is 2.27 bits per heavy atom. The predicted octanol–water partition coefficient (Wildman–Crippen LogP) is 4.26. The highest BCUT2D eigenvalue weighted by Crippen LogP contribution is 2.18. The van der Waals surface area contributed by atoms with E-state index in [-0.39, 0.29) is 22.5 Å². The van der Waals surface area contributed by atoms with Crippen molar-refractivity contribution in [1.29, 1.82) is 0 Å². The molecular formula is C21H15ClN4O4. The van der Waals surface area contributed by atoms with Crippen LogP contribution in [0.3, 0.4) is 0 Å². The first-order valence-corrected chi connectivity index (χ1v) is 9.05. The number of amides is 2. The summed E-state index contributed by atoms with van der Waals surface area (Å²) in [6, 6.07) is 18.5. The number of nitro benzene ring substituents is 1. The number of hydrogen-bond donors (Lipinski definition) is 2. The van der Waals surface area contributed by atoms with Crippen molar-refractivity contribution < 1.29 is 14.5 Å². The molecule has 8 nitrogen and oxygen atoms in total. The van der Waals surface area contributed by atoms with Gasteiger partial charge < -0.3 is 5.32 Å². The summed E-state index contributed by atoms with van der Waals surface area (Å²) in [7, 11) is 0. The zero-order valence-corrected chi connectivity index (χ0v) is 16.2. The number of carbonyl (C=O) groups excluding carboxylic acids is 2. The molecule has 0 aliphatic heterocycles. The lowest BCUT2D eigenvalue weighted by Crippen LogP contribution is -2.21. The van der Waals surface area contributed by atoms with Gasteiger partial charge in [0.15, 0.2) is 0 Å². The zero-order chi connectivity index (χ0) is 21.5. The van der Waals surface area contributed by atoms with Gasteiger partial charge in [0.2, 0.25) is 0 Å². The van der Waals surface area contributed by atoms with E-state index in [1.807, 2.05) is 0 Å². The van der Waals surface area contributed by atoms with Crippen LogP contribution >= 0.6 is 11.6 Å². The van der Waals surface area contributed by atoms with Crippen LogP contribution in [0.1, 0.15) is 26.3 Å². The fourth-order valence-corrected chi connectivity index (χ4v) is 2.62. The van der Waals surface area contributed by atoms with Gasteiger partial charge in [-0.3, -0.25) is 19.7 Å². The summed E-state index contributed by atoms with van der Waals surface area (Å²) in [6.07, 6.45) is 1.46. The molecule has 0 bridgehead atoms. The van der Waals surface area contributed by atoms with Crippen LogP contribution in [0.2, 0.25) is 5.02 Å². The van der Waals surface area contributed by atoms with Crippen molar-refractivity contribution >= 4 is 41.0 Å². The Bertz CT molecular complexity index is 1110. The molecule has 0 aliphatic rings. The maximum absolute atomic E-state index is 12.5. The van der Waals surface area contributed by atoms with Crippen molar-refractivity contribution in [2.45, 2.75) is 0 Å². The molecule has 0 spiro atoms. The van der Waals surface area contributed by atoms with E-state index in [0.29, 0.717) is 5.02 Å². The van der Waals surface area contributed by atoms with Gasteiger partial charge in [0.05, 0.1) is 22.4 Å². The molecule has 9 heteroatoms. The van der Waals surface area contributed by atoms with Gasteiger partial charge in [0, 0.05) is 22.7 Å². The first-order valence-electron chi connectivity index (χ1n) is 8.68. The van der Waals surface area contributed by atoms with Crippen molar-refractivity contribution in [3.8, 4) is 0 Å². The number of carbonyl (C=O) groups is 2. The highest BCUT2D eigenvalue weighted by atomic mass is 35.5. The molecule has 3 aromatic carbocycles. The van der Waals surface area contributed by atoms with Crippen LogP contribution in [0.5, 0.6) is 0 Å². The molecule has 0 unspecified atom stereocenters. The minimum absolute atomic E-state index is 0.120. The van der Waals surface area contributed by atoms with E-state index in [4.69, 9.17) is 11.6 Å². The van der Waals surface area contributed by atoms with Gasteiger partial charge in [0.1, 0.15) is 0 Å². The Balaban J connectivity index is 1.70. The molecule has 3 rings (SSSR count). The summed E-state index contributed by atoms with van der Waals surface area (Å²) in [5, 5.41) is 17.9. The maximum atomic E-state index is 12.5. The van der Waals surface area contributed by atoms with Crippen LogP contribution in [0, 0.1) is 10.1 Å². The second-order valence-corrected chi connectivity index (χ2v) is 6.49. The first kappa shape index (κ1) is 20.7. The van der Waals surface area contributed by atoms with E-state index in [1.54, 1.807) is 48.5 Å². The van der Waals surface area contributed by atoms with Crippen LogP contribution in [-0.4, -0.2) is 23.0 Å². The van der Waals surface area contributed by atoms with E-state index >= 15 is 0 Å². The molecule has 0 atom stereocenters. The number of nitrogens with zero attached hydrogens (tertiary/aromatic N) is 2. The lowest BCUT2D eigenvalue weighted by molar-refractivity contribution is -0.384. The number of nitrogens with one attached hydrogen (secondary N) is 2. The predicted molar refractivity (Wildman–Crippen MR) is 114 cm³/mol. The topological polar surface area (TPSA) is 114 Å². The van der Waals surface area contributed by atoms with E-state index in [0.717, 1.165) is 5.56 Å². The fraction of sp³-hybridized carbons (Fsp3) is 0. The smallest absolute Gasteiger partial charge is 0.273 e. The third kappa shape index (κ3) is 5.27. The van der Waals surface area contributed by atoms with E-state index < -0.39 is 16.7 Å². The van der Waals surface area contributed by atoms with Gasteiger partial charge in [-0.1, -0.05) is 35.9 Å². The number of benzene rings is 3. The lowest BCUT2D eigenvalue weighted by atomic mass is 10.1. The SMILES string of the molecule is O=C(Nc1ccccc1C(=O)N/N=C\c1ccc(Cl)cc1)c1ccc([N+](=O)[O-])cc1. The summed E-state index contributed by atoms with van der Waals surface area (Å²) < 4.78 is 0. The lowest BCUT2D eigenvalue weighted by Gasteiger charge is -2.10. The van der Waals surface area contributed by atoms with Crippen LogP contribution < -0.4 is 10.7 Å². The first-order chi connectivity index (χ1) is 14.4. The third-order valence-electron chi connectivity index (χ3n) is 4.01. The number of rotatable bonds is 6. The fourth-order valence-electron chi connectivity index (χ4n) is 2.49. The summed E-state index contributed by atoms with van der Waals surface area (Å²) in [5.41, 5.74) is 3.74. The van der Waals surface area contributed by atoms with E-state index in [9.17, 15) is 19.7 Å². The number of hydrogen-bond acceptors (Lipinski definition) is 5. The third-order valence-corrected chi connectivity index (χ3v) is 4.26. The molecule has 0 radical (unpaired) electrons. The minimum atomic E-state index is -0.550. The summed E-state index contributed by atoms with van der Waals surface area (Å²) in [5.74, 6) is -1.02. The molecule has 2 amide bonds. The van der Waals surface area contributed by atoms with Crippen molar-refractivity contribution in [2.24, 2.45) is 5.10 Å². The number of hydrazone groups is 1. The molecule has 0 aromatic heterocycles. The molecule has 3 aromatic rings. The van der Waals surface area contributed by atoms with E-state index in [1.165, 1.54) is 30.5 Å². The molecule has 30 heavy (non-hydrogen) atoms. The van der Waals surface area contributed by atoms with Gasteiger partial charge in [0.25, 0.3) is 17.5 Å². The van der Waals surface area contributed by atoms with Crippen LogP contribution in [0.4, 0.5) is 11.4 Å². The quantitative estimate of drug-likeness (QED) is 0.351. The molecule has 0 aliphatic carbocycles. The normalized spacial score (nSPS) is 10.6. The van der Waals surface area contributed by atoms with Gasteiger partial charge >= 0.3 is 0 Å². The van der Waals surface area contributed by atoms with Crippen LogP contribution in [0.15, 0.2) is 77.9 Å². The highest BCUT2D eigenvalue weighted by Gasteiger charge is 2.14. The molecule has 0 saturated carbocycles. The molecule has 0 fully saturated rings. The Kier molecular flexibility index (Phi) is 6.51. The standard InChI is InChI=1S/C21H15ClN4O4/c22-16-9-5-14(6-10-16)13-23-25-21(28)18-3-1-2-4-19(18)24-20(27)15-7-11-17(12-8-15)26(29)30/h1-13H,(H,24,27)(H,25,28)/b23-13-. The second-order valence-electron chi connectivity index (χ2n) is 6.05. The Labute approximate surface area is 176 Å². The Hall–Kier alpha value is -4.04. The number of non-ortho nitro benzene ring substituents is 1. The monoisotopic (exact) mass is 422 g/mol. The summed E-state index contributed by atoms with van der Waals surface area (Å²) >= 11 is 5.82. The molecule has 0 heterocycles.